The highest BCUT2D eigenvalue weighted by molar-refractivity contribution is 5.76. The number of rotatable bonds is 3. The molecule has 0 saturated carbocycles. The van der Waals surface area contributed by atoms with Crippen molar-refractivity contribution in [2.75, 3.05) is 13.1 Å². The molecule has 0 N–H and O–H groups in total. The van der Waals surface area contributed by atoms with Crippen LogP contribution in [0.5, 0.6) is 0 Å². The van der Waals surface area contributed by atoms with Crippen molar-refractivity contribution in [3.63, 3.8) is 0 Å². The summed E-state index contributed by atoms with van der Waals surface area (Å²) < 4.78 is 12.1. The number of aryl methyl sites for hydroxylation is 2. The predicted octanol–water partition coefficient (Wildman–Crippen LogP) is 5.13. The summed E-state index contributed by atoms with van der Waals surface area (Å²) in [6, 6.07) is 16.7. The fourth-order valence-electron chi connectivity index (χ4n) is 7.08. The average Bonchev–Trinajstić information content (AvgIpc) is 3.15. The maximum absolute atomic E-state index is 13.2. The van der Waals surface area contributed by atoms with Gasteiger partial charge in [0, 0.05) is 13.1 Å². The van der Waals surface area contributed by atoms with E-state index in [1.807, 2.05) is 35.8 Å². The Morgan fingerprint density at radius 2 is 1.06 bits per heavy atom. The van der Waals surface area contributed by atoms with E-state index in [9.17, 15) is 9.59 Å². The summed E-state index contributed by atoms with van der Waals surface area (Å²) in [6.45, 7) is 9.06. The maximum atomic E-state index is 13.2. The quantitative estimate of drug-likeness (QED) is 0.637. The first-order chi connectivity index (χ1) is 16.1. The van der Waals surface area contributed by atoms with Gasteiger partial charge >= 0.3 is 12.2 Å². The SMILES string of the molecule is C[C@@]12CCc3ccccc3[C@@]1(C)N(CCN1C(=O)O[C@@]3(C)CCc4ccccc4[C@]13C)C(=O)O2. The molecule has 178 valence electrons. The van der Waals surface area contributed by atoms with Crippen LogP contribution in [0.15, 0.2) is 48.5 Å². The first-order valence-electron chi connectivity index (χ1n) is 12.3. The van der Waals surface area contributed by atoms with Gasteiger partial charge in [0.25, 0.3) is 0 Å². The van der Waals surface area contributed by atoms with E-state index in [0.717, 1.165) is 36.8 Å². The summed E-state index contributed by atoms with van der Waals surface area (Å²) in [5, 5.41) is 0. The molecule has 2 fully saturated rings. The topological polar surface area (TPSA) is 59.1 Å². The van der Waals surface area contributed by atoms with Crippen LogP contribution in [0, 0.1) is 0 Å². The lowest BCUT2D eigenvalue weighted by Crippen LogP contribution is -2.58. The van der Waals surface area contributed by atoms with Gasteiger partial charge in [-0.05, 0) is 75.6 Å². The zero-order valence-corrected chi connectivity index (χ0v) is 20.4. The minimum atomic E-state index is -0.611. The average molecular weight is 461 g/mol. The summed E-state index contributed by atoms with van der Waals surface area (Å²) >= 11 is 0. The van der Waals surface area contributed by atoms with Crippen molar-refractivity contribution in [2.45, 2.75) is 75.7 Å². The molecule has 2 aromatic rings. The molecule has 2 aliphatic carbocycles. The van der Waals surface area contributed by atoms with Crippen LogP contribution in [0.25, 0.3) is 0 Å². The predicted molar refractivity (Wildman–Crippen MR) is 127 cm³/mol. The summed E-state index contributed by atoms with van der Waals surface area (Å²) in [7, 11) is 0. The van der Waals surface area contributed by atoms with Crippen LogP contribution in [0.3, 0.4) is 0 Å². The molecule has 4 atom stereocenters. The molecule has 0 aromatic heterocycles. The number of benzene rings is 2. The fourth-order valence-corrected chi connectivity index (χ4v) is 7.08. The third-order valence-electron chi connectivity index (χ3n) is 9.58. The molecule has 0 unspecified atom stereocenters. The van der Waals surface area contributed by atoms with Gasteiger partial charge in [0.2, 0.25) is 0 Å². The Bertz CT molecular complexity index is 1120. The van der Waals surface area contributed by atoms with Crippen molar-refractivity contribution >= 4 is 12.2 Å². The molecule has 2 heterocycles. The smallest absolute Gasteiger partial charge is 0.411 e. The van der Waals surface area contributed by atoms with Gasteiger partial charge < -0.3 is 9.47 Å². The number of fused-ring (bicyclic) bond motifs is 6. The van der Waals surface area contributed by atoms with Crippen LogP contribution in [0.4, 0.5) is 9.59 Å². The highest BCUT2D eigenvalue weighted by atomic mass is 16.6. The molecule has 0 radical (unpaired) electrons. The summed E-state index contributed by atoms with van der Waals surface area (Å²) in [6.07, 6.45) is 2.69. The van der Waals surface area contributed by atoms with Gasteiger partial charge in [0.15, 0.2) is 0 Å². The van der Waals surface area contributed by atoms with E-state index in [0.29, 0.717) is 13.1 Å². The van der Waals surface area contributed by atoms with Crippen molar-refractivity contribution in [3.8, 4) is 0 Å². The molecule has 2 aliphatic heterocycles. The van der Waals surface area contributed by atoms with Gasteiger partial charge in [-0.2, -0.15) is 0 Å². The van der Waals surface area contributed by atoms with E-state index < -0.39 is 22.3 Å². The van der Waals surface area contributed by atoms with Gasteiger partial charge in [0.05, 0.1) is 0 Å². The lowest BCUT2D eigenvalue weighted by molar-refractivity contribution is -0.0179. The van der Waals surface area contributed by atoms with E-state index in [4.69, 9.17) is 9.47 Å². The van der Waals surface area contributed by atoms with Gasteiger partial charge in [-0.15, -0.1) is 0 Å². The molecule has 2 saturated heterocycles. The lowest BCUT2D eigenvalue weighted by atomic mass is 9.67. The van der Waals surface area contributed by atoms with Crippen molar-refractivity contribution in [1.82, 2.24) is 9.80 Å². The van der Waals surface area contributed by atoms with Crippen LogP contribution in [-0.2, 0) is 33.4 Å². The lowest BCUT2D eigenvalue weighted by Gasteiger charge is -2.48. The molecule has 2 amide bonds. The van der Waals surface area contributed by atoms with Crippen molar-refractivity contribution in [2.24, 2.45) is 0 Å². The second-order valence-corrected chi connectivity index (χ2v) is 11.0. The second-order valence-electron chi connectivity index (χ2n) is 11.0. The third kappa shape index (κ3) is 2.46. The molecular formula is C28H32N2O4. The molecule has 6 heteroatoms. The zero-order valence-electron chi connectivity index (χ0n) is 20.4. The normalized spacial score (nSPS) is 35.8. The first-order valence-corrected chi connectivity index (χ1v) is 12.3. The van der Waals surface area contributed by atoms with Crippen molar-refractivity contribution < 1.29 is 19.1 Å². The van der Waals surface area contributed by atoms with Crippen LogP contribution < -0.4 is 0 Å². The van der Waals surface area contributed by atoms with Crippen LogP contribution in [-0.4, -0.2) is 46.3 Å². The second kappa shape index (κ2) is 6.77. The zero-order chi connectivity index (χ0) is 23.9. The molecule has 6 nitrogen and oxygen atoms in total. The fraction of sp³-hybridized carbons (Fsp3) is 0.500. The Kier molecular flexibility index (Phi) is 4.28. The number of carbonyl (C=O) groups is 2. The Balaban J connectivity index is 1.37. The minimum Gasteiger partial charge on any atom is -0.440 e. The van der Waals surface area contributed by atoms with Crippen LogP contribution >= 0.6 is 0 Å². The van der Waals surface area contributed by atoms with Crippen LogP contribution in [0.1, 0.15) is 62.8 Å². The largest absolute Gasteiger partial charge is 0.440 e. The molecule has 2 aromatic carbocycles. The maximum Gasteiger partial charge on any atom is 0.411 e. The minimum absolute atomic E-state index is 0.314. The molecule has 6 rings (SSSR count). The van der Waals surface area contributed by atoms with E-state index in [-0.39, 0.29) is 12.2 Å². The van der Waals surface area contributed by atoms with Crippen molar-refractivity contribution in [1.29, 1.82) is 0 Å². The van der Waals surface area contributed by atoms with Crippen molar-refractivity contribution in [3.05, 3.63) is 70.8 Å². The van der Waals surface area contributed by atoms with E-state index in [1.54, 1.807) is 0 Å². The molecular weight excluding hydrogens is 428 g/mol. The summed E-state index contributed by atoms with van der Waals surface area (Å²) in [5.74, 6) is 0. The number of amides is 2. The van der Waals surface area contributed by atoms with Gasteiger partial charge in [-0.3, -0.25) is 9.80 Å². The molecule has 34 heavy (non-hydrogen) atoms. The van der Waals surface area contributed by atoms with E-state index >= 15 is 0 Å². The van der Waals surface area contributed by atoms with Crippen LogP contribution in [0.2, 0.25) is 0 Å². The highest BCUT2D eigenvalue weighted by Crippen LogP contribution is 2.55. The molecule has 0 spiro atoms. The summed E-state index contributed by atoms with van der Waals surface area (Å²) in [5.41, 5.74) is 2.36. The monoisotopic (exact) mass is 460 g/mol. The summed E-state index contributed by atoms with van der Waals surface area (Å²) in [4.78, 5) is 30.2. The highest BCUT2D eigenvalue weighted by Gasteiger charge is 2.65. The third-order valence-corrected chi connectivity index (χ3v) is 9.58. The Hall–Kier alpha value is -3.02. The van der Waals surface area contributed by atoms with E-state index in [2.05, 4.69) is 50.2 Å². The Labute approximate surface area is 200 Å². The number of hydrogen-bond donors (Lipinski definition) is 0. The molecule has 0 bridgehead atoms. The first kappa shape index (κ1) is 21.5. The van der Waals surface area contributed by atoms with Gasteiger partial charge in [-0.25, -0.2) is 9.59 Å². The van der Waals surface area contributed by atoms with E-state index in [1.165, 1.54) is 11.1 Å². The van der Waals surface area contributed by atoms with Gasteiger partial charge in [-0.1, -0.05) is 48.5 Å². The Morgan fingerprint density at radius 3 is 1.47 bits per heavy atom. The Morgan fingerprint density at radius 1 is 0.676 bits per heavy atom. The standard InChI is InChI=1S/C28H32N2O4/c1-25-15-13-19-9-5-7-11-21(19)27(25,3)29(23(31)33-25)17-18-30-24(32)34-26(2)16-14-20-10-6-8-12-22(20)28(26,30)4/h5-12H,13-18H2,1-4H3/t25-,26+,27-,28+. The molecule has 4 aliphatic rings. The number of ether oxygens (including phenoxy) is 2. The number of nitrogens with zero attached hydrogens (tertiary/aromatic N) is 2. The number of carbonyl (C=O) groups excluding carboxylic acids is 2. The van der Waals surface area contributed by atoms with Gasteiger partial charge in [0.1, 0.15) is 22.3 Å². The number of hydrogen-bond acceptors (Lipinski definition) is 4.